The highest BCUT2D eigenvalue weighted by Gasteiger charge is 2.46. The number of nitrogens with one attached hydrogen (secondary N) is 1. The first kappa shape index (κ1) is 45.4. The number of sulfonamides is 2. The number of fused-ring (bicyclic) bond motifs is 1. The van der Waals surface area contributed by atoms with Crippen molar-refractivity contribution in [3.63, 3.8) is 0 Å². The van der Waals surface area contributed by atoms with Crippen LogP contribution in [0.5, 0.6) is 0 Å². The summed E-state index contributed by atoms with van der Waals surface area (Å²) >= 11 is 0. The number of hydrogen-bond acceptors (Lipinski definition) is 9. The van der Waals surface area contributed by atoms with Crippen LogP contribution < -0.4 is 9.62 Å². The third-order valence-corrected chi connectivity index (χ3v) is 12.5. The Morgan fingerprint density at radius 3 is 2.19 bits per heavy atom. The number of ether oxygens (including phenoxy) is 1. The molecule has 2 aliphatic rings. The lowest BCUT2D eigenvalue weighted by Gasteiger charge is -2.27. The van der Waals surface area contributed by atoms with Gasteiger partial charge in [0.2, 0.25) is 10.0 Å². The molecule has 0 spiro atoms. The second-order valence-electron chi connectivity index (χ2n) is 14.9. The van der Waals surface area contributed by atoms with E-state index in [-0.39, 0.29) is 42.0 Å². The van der Waals surface area contributed by atoms with Gasteiger partial charge in [0, 0.05) is 30.9 Å². The van der Waals surface area contributed by atoms with E-state index in [0.717, 1.165) is 68.9 Å². The van der Waals surface area contributed by atoms with Crippen LogP contribution in [0.15, 0.2) is 74.1 Å². The number of aryl methyl sites for hydroxylation is 1. The maximum Gasteiger partial charge on any atom is 0.353 e. The number of unbranched alkanes of at least 4 members (excludes halogenated alkanes) is 8. The van der Waals surface area contributed by atoms with E-state index in [9.17, 15) is 26.9 Å². The zero-order valence-corrected chi connectivity index (χ0v) is 36.1. The van der Waals surface area contributed by atoms with Crippen LogP contribution in [0.2, 0.25) is 0 Å². The molecule has 0 aliphatic carbocycles. The molecule has 4 rings (SSSR count). The monoisotopic (exact) mass is 820 g/mol. The minimum atomic E-state index is -4.55. The number of carbonyl (C=O) groups is 1. The molecule has 1 unspecified atom stereocenters. The van der Waals surface area contributed by atoms with E-state index in [2.05, 4.69) is 29.0 Å². The molecule has 0 radical (unpaired) electrons. The van der Waals surface area contributed by atoms with Crippen LogP contribution in [0.3, 0.4) is 0 Å². The minimum absolute atomic E-state index is 0.0196. The Balaban J connectivity index is 1.70. The third kappa shape index (κ3) is 12.3. The Hall–Kier alpha value is -4.32. The Kier molecular flexibility index (Phi) is 17.1. The molecule has 0 aromatic heterocycles. The smallest absolute Gasteiger partial charge is 0.353 e. The highest BCUT2D eigenvalue weighted by Crippen LogP contribution is 2.40. The summed E-state index contributed by atoms with van der Waals surface area (Å²) in [6.45, 7) is 11.2. The Morgan fingerprint density at radius 2 is 1.60 bits per heavy atom. The molecule has 2 aromatic carbocycles. The van der Waals surface area contributed by atoms with Gasteiger partial charge < -0.3 is 9.64 Å². The van der Waals surface area contributed by atoms with Gasteiger partial charge in [0.1, 0.15) is 17.5 Å². The van der Waals surface area contributed by atoms with Gasteiger partial charge in [0.15, 0.2) is 10.7 Å². The second-order valence-corrected chi connectivity index (χ2v) is 18.3. The number of nitriles is 1. The number of benzene rings is 2. The molecule has 12 nitrogen and oxygen atoms in total. The van der Waals surface area contributed by atoms with Gasteiger partial charge in [0.05, 0.1) is 24.2 Å². The number of nitrogens with zero attached hydrogens (tertiary/aromatic N) is 5. The van der Waals surface area contributed by atoms with E-state index in [1.807, 2.05) is 67.3 Å². The van der Waals surface area contributed by atoms with E-state index in [1.54, 1.807) is 0 Å². The molecule has 2 aliphatic heterocycles. The summed E-state index contributed by atoms with van der Waals surface area (Å²) in [5.74, 6) is -0.708. The number of amidine groups is 2. The van der Waals surface area contributed by atoms with Crippen molar-refractivity contribution >= 4 is 54.6 Å². The lowest BCUT2D eigenvalue weighted by Crippen LogP contribution is -2.38. The van der Waals surface area contributed by atoms with Crippen LogP contribution in [-0.2, 0) is 29.6 Å². The first-order chi connectivity index (χ1) is 27.3. The Morgan fingerprint density at radius 1 is 0.965 bits per heavy atom. The molecular weight excluding hydrogens is 761 g/mol. The summed E-state index contributed by atoms with van der Waals surface area (Å²) in [6, 6.07) is 16.9. The van der Waals surface area contributed by atoms with E-state index in [1.165, 1.54) is 37.5 Å². The van der Waals surface area contributed by atoms with Gasteiger partial charge in [-0.1, -0.05) is 108 Å². The minimum Gasteiger partial charge on any atom is -0.461 e. The van der Waals surface area contributed by atoms with Gasteiger partial charge in [0.25, 0.3) is 10.0 Å². The highest BCUT2D eigenvalue weighted by molar-refractivity contribution is 7.95. The average molecular weight is 821 g/mol. The van der Waals surface area contributed by atoms with Crippen LogP contribution in [0.25, 0.3) is 5.57 Å². The maximum absolute atomic E-state index is 13.9. The van der Waals surface area contributed by atoms with Crippen molar-refractivity contribution in [1.29, 1.82) is 5.26 Å². The fourth-order valence-corrected chi connectivity index (χ4v) is 8.99. The predicted molar refractivity (Wildman–Crippen MR) is 230 cm³/mol. The van der Waals surface area contributed by atoms with Crippen molar-refractivity contribution in [3.05, 3.63) is 75.8 Å². The Labute approximate surface area is 340 Å². The molecule has 0 bridgehead atoms. The molecule has 0 saturated carbocycles. The molecule has 0 saturated heterocycles. The normalized spacial score (nSPS) is 16.4. The number of esters is 1. The van der Waals surface area contributed by atoms with E-state index in [0.29, 0.717) is 29.9 Å². The molecular formula is C43H60N6O6S2. The van der Waals surface area contributed by atoms with E-state index >= 15 is 0 Å². The molecule has 2 heterocycles. The number of aliphatic imine (C=N–C) groups is 1. The largest absolute Gasteiger partial charge is 0.461 e. The molecule has 57 heavy (non-hydrogen) atoms. The standard InChI is InChI=1S/C43H60N6O6S2/c1-7-10-12-14-15-18-22-34(21-17-13-11-8-2)31-55-43(50)40-33(5)49-41(47-57(40,53)54)37(30-44)39(35-23-19-16-20-24-35)42(49)46-38-26-25-36(29-32(38)4)48(9-3)28-27-45-56(6,51)52/h16,19-20,23-26,29,34,45H,7-15,17-18,21-22,27-28,31H2,1-6H3. The topological polar surface area (TPSA) is 162 Å². The van der Waals surface area contributed by atoms with Gasteiger partial charge in [-0.2, -0.15) is 13.7 Å². The van der Waals surface area contributed by atoms with E-state index < -0.39 is 30.9 Å². The van der Waals surface area contributed by atoms with Crippen molar-refractivity contribution in [2.24, 2.45) is 15.3 Å². The van der Waals surface area contributed by atoms with Gasteiger partial charge in [-0.15, -0.1) is 4.40 Å². The fraction of sp³-hybridized carbons (Fsp3) is 0.535. The Bertz CT molecular complexity index is 2100. The highest BCUT2D eigenvalue weighted by atomic mass is 32.2. The summed E-state index contributed by atoms with van der Waals surface area (Å²) in [5, 5.41) is 10.5. The molecule has 310 valence electrons. The van der Waals surface area contributed by atoms with Crippen LogP contribution in [-0.4, -0.2) is 71.9 Å². The van der Waals surface area contributed by atoms with Crippen molar-refractivity contribution in [2.75, 3.05) is 37.4 Å². The SMILES string of the molecule is CCCCCCCCC(CCCCCC)COC(=O)C1=C(C)N2C(=NS1(=O)=O)C(C#N)=C(c1ccccc1)C2=Nc1ccc(N(CC)CCNS(C)(=O)=O)cc1C. The quantitative estimate of drug-likeness (QED) is 0.0856. The predicted octanol–water partition coefficient (Wildman–Crippen LogP) is 8.55. The zero-order chi connectivity index (χ0) is 41.6. The summed E-state index contributed by atoms with van der Waals surface area (Å²) in [6.07, 6.45) is 14.3. The molecule has 0 amide bonds. The van der Waals surface area contributed by atoms with Crippen LogP contribution in [0, 0.1) is 24.2 Å². The number of allylic oxidation sites excluding steroid dienone is 1. The van der Waals surface area contributed by atoms with Gasteiger partial charge >= 0.3 is 5.97 Å². The van der Waals surface area contributed by atoms with E-state index in [4.69, 9.17) is 9.73 Å². The van der Waals surface area contributed by atoms with Crippen LogP contribution >= 0.6 is 0 Å². The lowest BCUT2D eigenvalue weighted by molar-refractivity contribution is -0.139. The second kappa shape index (κ2) is 21.4. The summed E-state index contributed by atoms with van der Waals surface area (Å²) in [7, 11) is -7.88. The van der Waals surface area contributed by atoms with Gasteiger partial charge in [-0.25, -0.2) is 22.9 Å². The molecule has 0 fully saturated rings. The van der Waals surface area contributed by atoms with Crippen LogP contribution in [0.1, 0.15) is 116 Å². The zero-order valence-electron chi connectivity index (χ0n) is 34.5. The summed E-state index contributed by atoms with van der Waals surface area (Å²) in [5.41, 5.74) is 3.30. The first-order valence-electron chi connectivity index (χ1n) is 20.4. The summed E-state index contributed by atoms with van der Waals surface area (Å²) in [4.78, 5) is 21.9. The molecule has 2 aromatic rings. The fourth-order valence-electron chi connectivity index (χ4n) is 7.30. The van der Waals surface area contributed by atoms with Crippen molar-refractivity contribution in [1.82, 2.24) is 9.62 Å². The number of hydrogen-bond donors (Lipinski definition) is 1. The lowest BCUT2D eigenvalue weighted by atomic mass is 9.95. The van der Waals surface area contributed by atoms with Crippen LogP contribution in [0.4, 0.5) is 11.4 Å². The number of anilines is 1. The first-order valence-corrected chi connectivity index (χ1v) is 23.7. The molecule has 1 N–H and O–H groups in total. The third-order valence-electron chi connectivity index (χ3n) is 10.4. The number of rotatable bonds is 23. The maximum atomic E-state index is 13.9. The van der Waals surface area contributed by atoms with Gasteiger partial charge in [-0.3, -0.25) is 4.90 Å². The average Bonchev–Trinajstić information content (AvgIpc) is 3.47. The summed E-state index contributed by atoms with van der Waals surface area (Å²) < 4.78 is 63.4. The van der Waals surface area contributed by atoms with Crippen molar-refractivity contribution < 1.29 is 26.4 Å². The number of carbonyl (C=O) groups excluding carboxylic acids is 1. The van der Waals surface area contributed by atoms with Crippen molar-refractivity contribution in [3.8, 4) is 6.07 Å². The molecule has 14 heteroatoms. The van der Waals surface area contributed by atoms with Crippen molar-refractivity contribution in [2.45, 2.75) is 112 Å². The van der Waals surface area contributed by atoms with Gasteiger partial charge in [-0.05, 0) is 68.9 Å². The molecule has 1 atom stereocenters. The number of likely N-dealkylation sites (N-methyl/N-ethyl adjacent to an activating group) is 1.